The second-order valence-corrected chi connectivity index (χ2v) is 3.56. The van der Waals surface area contributed by atoms with Crippen LogP contribution in [0.4, 0.5) is 22.0 Å². The minimum atomic E-state index is -4.91. The van der Waals surface area contributed by atoms with Gasteiger partial charge in [0.2, 0.25) is 0 Å². The number of alkyl halides is 6. The SMILES string of the molecule is O=Cc1c(C(F)F)cnc(CBr)c1C(F)(F)F. The van der Waals surface area contributed by atoms with Gasteiger partial charge in [0.25, 0.3) is 6.43 Å². The second kappa shape index (κ2) is 5.07. The van der Waals surface area contributed by atoms with Gasteiger partial charge >= 0.3 is 6.18 Å². The fraction of sp³-hybridized carbons (Fsp3) is 0.333. The summed E-state index contributed by atoms with van der Waals surface area (Å²) >= 11 is 2.76. The topological polar surface area (TPSA) is 30.0 Å². The average molecular weight is 318 g/mol. The predicted octanol–water partition coefficient (Wildman–Crippen LogP) is 3.75. The van der Waals surface area contributed by atoms with Crippen LogP contribution in [0.15, 0.2) is 6.20 Å². The molecule has 0 radical (unpaired) electrons. The Bertz CT molecular complexity index is 432. The zero-order valence-electron chi connectivity index (χ0n) is 8.06. The number of nitrogens with zero attached hydrogens (tertiary/aromatic N) is 1. The summed E-state index contributed by atoms with van der Waals surface area (Å²) in [6.07, 6.45) is -7.73. The van der Waals surface area contributed by atoms with Gasteiger partial charge in [-0.25, -0.2) is 8.78 Å². The van der Waals surface area contributed by atoms with E-state index in [4.69, 9.17) is 0 Å². The van der Waals surface area contributed by atoms with Gasteiger partial charge in [-0.2, -0.15) is 13.2 Å². The molecule has 17 heavy (non-hydrogen) atoms. The molecule has 2 nitrogen and oxygen atoms in total. The smallest absolute Gasteiger partial charge is 0.298 e. The molecule has 0 aliphatic carbocycles. The average Bonchev–Trinajstić information content (AvgIpc) is 2.25. The van der Waals surface area contributed by atoms with Gasteiger partial charge in [0.05, 0.1) is 11.3 Å². The highest BCUT2D eigenvalue weighted by Gasteiger charge is 2.38. The number of aromatic nitrogens is 1. The van der Waals surface area contributed by atoms with Crippen LogP contribution < -0.4 is 0 Å². The number of pyridine rings is 1. The van der Waals surface area contributed by atoms with Crippen LogP contribution >= 0.6 is 15.9 Å². The number of aldehydes is 1. The highest BCUT2D eigenvalue weighted by molar-refractivity contribution is 9.08. The van der Waals surface area contributed by atoms with Crippen molar-refractivity contribution in [3.63, 3.8) is 0 Å². The van der Waals surface area contributed by atoms with Crippen molar-refractivity contribution >= 4 is 22.2 Å². The molecule has 0 spiro atoms. The molecule has 0 aromatic carbocycles. The van der Waals surface area contributed by atoms with Crippen LogP contribution in [0.1, 0.15) is 33.6 Å². The first kappa shape index (κ1) is 14.0. The summed E-state index contributed by atoms with van der Waals surface area (Å²) in [5.74, 6) is 0. The molecule has 1 rings (SSSR count). The van der Waals surface area contributed by atoms with Gasteiger partial charge < -0.3 is 0 Å². The maximum absolute atomic E-state index is 12.7. The highest BCUT2D eigenvalue weighted by atomic mass is 79.9. The molecule has 1 aromatic rings. The van der Waals surface area contributed by atoms with E-state index in [9.17, 15) is 26.7 Å². The standard InChI is InChI=1S/C9H5BrF5NO/c10-1-6-7(9(13,14)15)5(3-17)4(2-16-6)8(11)12/h2-3,8H,1H2. The van der Waals surface area contributed by atoms with Crippen molar-refractivity contribution in [3.05, 3.63) is 28.6 Å². The van der Waals surface area contributed by atoms with Crippen molar-refractivity contribution in [2.24, 2.45) is 0 Å². The summed E-state index contributed by atoms with van der Waals surface area (Å²) in [5.41, 5.74) is -3.99. The van der Waals surface area contributed by atoms with Gasteiger partial charge in [0, 0.05) is 22.7 Å². The Kier molecular flexibility index (Phi) is 4.18. The summed E-state index contributed by atoms with van der Waals surface area (Å²) in [4.78, 5) is 13.9. The van der Waals surface area contributed by atoms with Crippen molar-refractivity contribution in [1.82, 2.24) is 4.98 Å². The zero-order valence-corrected chi connectivity index (χ0v) is 9.65. The first-order valence-corrected chi connectivity index (χ1v) is 5.33. The van der Waals surface area contributed by atoms with Crippen molar-refractivity contribution < 1.29 is 26.7 Å². The third-order valence-corrected chi connectivity index (χ3v) is 2.52. The molecule has 1 heterocycles. The minimum Gasteiger partial charge on any atom is -0.298 e. The van der Waals surface area contributed by atoms with E-state index >= 15 is 0 Å². The van der Waals surface area contributed by atoms with Crippen LogP contribution in [0.25, 0.3) is 0 Å². The molecule has 0 atom stereocenters. The van der Waals surface area contributed by atoms with E-state index in [0.29, 0.717) is 6.20 Å². The van der Waals surface area contributed by atoms with Crippen molar-refractivity contribution in [3.8, 4) is 0 Å². The Hall–Kier alpha value is -1.05. The maximum atomic E-state index is 12.7. The van der Waals surface area contributed by atoms with E-state index in [-0.39, 0.29) is 11.6 Å². The quantitative estimate of drug-likeness (QED) is 0.483. The minimum absolute atomic E-state index is 0.224. The first-order chi connectivity index (χ1) is 7.82. The van der Waals surface area contributed by atoms with Gasteiger partial charge in [-0.3, -0.25) is 9.78 Å². The van der Waals surface area contributed by atoms with Crippen molar-refractivity contribution in [2.75, 3.05) is 0 Å². The lowest BCUT2D eigenvalue weighted by Gasteiger charge is -2.15. The highest BCUT2D eigenvalue weighted by Crippen LogP contribution is 2.37. The molecular formula is C9H5BrF5NO. The van der Waals surface area contributed by atoms with E-state index in [1.807, 2.05) is 0 Å². The molecule has 1 aromatic heterocycles. The molecule has 94 valence electrons. The van der Waals surface area contributed by atoms with Gasteiger partial charge in [0.15, 0.2) is 6.29 Å². The summed E-state index contributed by atoms with van der Waals surface area (Å²) in [5, 5.41) is -0.286. The van der Waals surface area contributed by atoms with Crippen LogP contribution in [-0.2, 0) is 11.5 Å². The Balaban J connectivity index is 3.61. The van der Waals surface area contributed by atoms with E-state index in [0.717, 1.165) is 0 Å². The van der Waals surface area contributed by atoms with Gasteiger partial charge in [-0.05, 0) is 0 Å². The lowest BCUT2D eigenvalue weighted by Crippen LogP contribution is -2.16. The second-order valence-electron chi connectivity index (χ2n) is 3.00. The normalized spacial score (nSPS) is 11.9. The van der Waals surface area contributed by atoms with Crippen LogP contribution in [-0.4, -0.2) is 11.3 Å². The number of hydrogen-bond acceptors (Lipinski definition) is 2. The third kappa shape index (κ3) is 2.80. The number of halogens is 6. The maximum Gasteiger partial charge on any atom is 0.418 e. The molecular weight excluding hydrogens is 313 g/mol. The van der Waals surface area contributed by atoms with Crippen molar-refractivity contribution in [1.29, 1.82) is 0 Å². The lowest BCUT2D eigenvalue weighted by molar-refractivity contribution is -0.138. The first-order valence-electron chi connectivity index (χ1n) is 4.21. The molecule has 0 fully saturated rings. The number of carbonyl (C=O) groups is 1. The Morgan fingerprint density at radius 3 is 2.35 bits per heavy atom. The lowest BCUT2D eigenvalue weighted by atomic mass is 10.0. The predicted molar refractivity (Wildman–Crippen MR) is 52.2 cm³/mol. The van der Waals surface area contributed by atoms with Crippen molar-refractivity contribution in [2.45, 2.75) is 17.9 Å². The van der Waals surface area contributed by atoms with Crippen LogP contribution in [0.5, 0.6) is 0 Å². The molecule has 0 saturated carbocycles. The Morgan fingerprint density at radius 1 is 1.41 bits per heavy atom. The molecule has 8 heteroatoms. The summed E-state index contributed by atoms with van der Waals surface area (Å²) in [6, 6.07) is 0. The Labute approximate surface area is 101 Å². The summed E-state index contributed by atoms with van der Waals surface area (Å²) < 4.78 is 62.9. The molecule has 0 unspecified atom stereocenters. The largest absolute Gasteiger partial charge is 0.418 e. The monoisotopic (exact) mass is 317 g/mol. The summed E-state index contributed by atoms with van der Waals surface area (Å²) in [6.45, 7) is 0. The molecule has 0 saturated heterocycles. The van der Waals surface area contributed by atoms with Crippen LogP contribution in [0.2, 0.25) is 0 Å². The van der Waals surface area contributed by atoms with Crippen LogP contribution in [0.3, 0.4) is 0 Å². The van der Waals surface area contributed by atoms with Gasteiger partial charge in [0.1, 0.15) is 0 Å². The number of hydrogen-bond donors (Lipinski definition) is 0. The molecule has 0 amide bonds. The third-order valence-electron chi connectivity index (χ3n) is 1.99. The number of carbonyl (C=O) groups excluding carboxylic acids is 1. The molecule has 0 bridgehead atoms. The van der Waals surface area contributed by atoms with E-state index in [1.165, 1.54) is 0 Å². The van der Waals surface area contributed by atoms with Gasteiger partial charge in [-0.15, -0.1) is 0 Å². The summed E-state index contributed by atoms with van der Waals surface area (Å²) in [7, 11) is 0. The molecule has 0 aliphatic rings. The molecule has 0 N–H and O–H groups in total. The fourth-order valence-corrected chi connectivity index (χ4v) is 1.72. The molecule has 0 aliphatic heterocycles. The van der Waals surface area contributed by atoms with E-state index in [2.05, 4.69) is 20.9 Å². The van der Waals surface area contributed by atoms with Crippen LogP contribution in [0, 0.1) is 0 Å². The Morgan fingerprint density at radius 2 is 2.00 bits per heavy atom. The zero-order chi connectivity index (χ0) is 13.2. The number of rotatable bonds is 3. The van der Waals surface area contributed by atoms with E-state index in [1.54, 1.807) is 0 Å². The van der Waals surface area contributed by atoms with E-state index < -0.39 is 35.0 Å². The fourth-order valence-electron chi connectivity index (χ4n) is 1.30. The van der Waals surface area contributed by atoms with Gasteiger partial charge in [-0.1, -0.05) is 15.9 Å².